The van der Waals surface area contributed by atoms with Crippen LogP contribution in [0.2, 0.25) is 0 Å². The molecular formula is C8H2F7NO2. The number of aldehydes is 1. The van der Waals surface area contributed by atoms with Crippen LogP contribution in [0.3, 0.4) is 0 Å². The summed E-state index contributed by atoms with van der Waals surface area (Å²) in [6, 6.07) is 0. The fraction of sp³-hybridized carbons (Fsp3) is 0.250. The number of hydrogen-bond acceptors (Lipinski definition) is 3. The molecule has 0 aliphatic carbocycles. The van der Waals surface area contributed by atoms with Crippen LogP contribution < -0.4 is 4.74 Å². The van der Waals surface area contributed by atoms with Crippen LogP contribution in [0.25, 0.3) is 0 Å². The lowest BCUT2D eigenvalue weighted by Crippen LogP contribution is -2.21. The summed E-state index contributed by atoms with van der Waals surface area (Å²) in [6.07, 6.45) is -11.1. The topological polar surface area (TPSA) is 39.2 Å². The molecule has 0 spiro atoms. The van der Waals surface area contributed by atoms with Crippen molar-refractivity contribution >= 4 is 6.29 Å². The van der Waals surface area contributed by atoms with Crippen molar-refractivity contribution < 1.29 is 40.3 Å². The van der Waals surface area contributed by atoms with E-state index in [1.807, 2.05) is 0 Å². The first-order chi connectivity index (χ1) is 8.06. The summed E-state index contributed by atoms with van der Waals surface area (Å²) in [7, 11) is 0. The molecule has 0 aromatic carbocycles. The van der Waals surface area contributed by atoms with Crippen LogP contribution >= 0.6 is 0 Å². The molecule has 0 radical (unpaired) electrons. The first kappa shape index (κ1) is 14.2. The lowest BCUT2D eigenvalue weighted by Gasteiger charge is -2.14. The maximum absolute atomic E-state index is 13.2. The molecule has 10 heteroatoms. The number of pyridine rings is 1. The van der Waals surface area contributed by atoms with Gasteiger partial charge in [-0.2, -0.15) is 13.2 Å². The molecule has 0 saturated carbocycles. The fourth-order valence-electron chi connectivity index (χ4n) is 1.04. The monoisotopic (exact) mass is 277 g/mol. The standard InChI is InChI=1S/C8H2F7NO2/c9-6-4(18-8(13,14)15)1-16-3(2-17)5(6)7(10,11)12/h1-2H. The number of aromatic nitrogens is 1. The first-order valence-corrected chi connectivity index (χ1v) is 4.03. The Bertz CT molecular complexity index is 466. The van der Waals surface area contributed by atoms with Crippen LogP contribution in [0.5, 0.6) is 5.75 Å². The third-order valence-electron chi connectivity index (χ3n) is 1.63. The number of ether oxygens (including phenoxy) is 1. The quantitative estimate of drug-likeness (QED) is 0.616. The zero-order chi connectivity index (χ0) is 14.1. The minimum Gasteiger partial charge on any atom is -0.401 e. The lowest BCUT2D eigenvalue weighted by atomic mass is 10.2. The summed E-state index contributed by atoms with van der Waals surface area (Å²) < 4.78 is 88.5. The van der Waals surface area contributed by atoms with Crippen molar-refractivity contribution in [3.05, 3.63) is 23.3 Å². The predicted molar refractivity (Wildman–Crippen MR) is 41.3 cm³/mol. The third kappa shape index (κ3) is 3.08. The average Bonchev–Trinajstić information content (AvgIpc) is 2.16. The Hall–Kier alpha value is -1.87. The molecule has 100 valence electrons. The Morgan fingerprint density at radius 3 is 2.11 bits per heavy atom. The molecular weight excluding hydrogens is 275 g/mol. The molecule has 1 heterocycles. The van der Waals surface area contributed by atoms with Gasteiger partial charge in [0.15, 0.2) is 17.9 Å². The third-order valence-corrected chi connectivity index (χ3v) is 1.63. The van der Waals surface area contributed by atoms with E-state index in [1.54, 1.807) is 0 Å². The minimum absolute atomic E-state index is 0.0434. The van der Waals surface area contributed by atoms with Gasteiger partial charge in [0.25, 0.3) is 0 Å². The predicted octanol–water partition coefficient (Wildman–Crippen LogP) is 2.95. The van der Waals surface area contributed by atoms with Crippen LogP contribution in [-0.2, 0) is 6.18 Å². The Morgan fingerprint density at radius 1 is 1.17 bits per heavy atom. The van der Waals surface area contributed by atoms with Gasteiger partial charge < -0.3 is 4.74 Å². The molecule has 1 rings (SSSR count). The molecule has 18 heavy (non-hydrogen) atoms. The van der Waals surface area contributed by atoms with Crippen molar-refractivity contribution in [3.8, 4) is 5.75 Å². The second-order valence-corrected chi connectivity index (χ2v) is 2.86. The number of carbonyl (C=O) groups excluding carboxylic acids is 1. The second-order valence-electron chi connectivity index (χ2n) is 2.86. The van der Waals surface area contributed by atoms with Crippen LogP contribution in [0.1, 0.15) is 16.1 Å². The van der Waals surface area contributed by atoms with E-state index in [9.17, 15) is 35.5 Å². The highest BCUT2D eigenvalue weighted by Crippen LogP contribution is 2.37. The van der Waals surface area contributed by atoms with Gasteiger partial charge >= 0.3 is 12.5 Å². The smallest absolute Gasteiger partial charge is 0.401 e. The maximum Gasteiger partial charge on any atom is 0.573 e. The number of nitrogens with zero attached hydrogens (tertiary/aromatic N) is 1. The van der Waals surface area contributed by atoms with Gasteiger partial charge in [0.1, 0.15) is 11.3 Å². The summed E-state index contributed by atoms with van der Waals surface area (Å²) in [5.41, 5.74) is -3.58. The van der Waals surface area contributed by atoms with E-state index >= 15 is 0 Å². The summed E-state index contributed by atoms with van der Waals surface area (Å²) in [6.45, 7) is 0. The highest BCUT2D eigenvalue weighted by Gasteiger charge is 2.41. The fourth-order valence-corrected chi connectivity index (χ4v) is 1.04. The zero-order valence-electron chi connectivity index (χ0n) is 8.06. The molecule has 0 N–H and O–H groups in total. The average molecular weight is 277 g/mol. The Balaban J connectivity index is 3.39. The molecule has 0 amide bonds. The van der Waals surface area contributed by atoms with Gasteiger partial charge in [-0.25, -0.2) is 9.37 Å². The summed E-state index contributed by atoms with van der Waals surface area (Å²) in [4.78, 5) is 13.0. The molecule has 0 atom stereocenters. The molecule has 0 aliphatic rings. The van der Waals surface area contributed by atoms with Gasteiger partial charge in [-0.1, -0.05) is 0 Å². The van der Waals surface area contributed by atoms with Gasteiger partial charge in [0.2, 0.25) is 0 Å². The molecule has 0 bridgehead atoms. The number of alkyl halides is 6. The molecule has 0 aliphatic heterocycles. The molecule has 0 fully saturated rings. The largest absolute Gasteiger partial charge is 0.573 e. The van der Waals surface area contributed by atoms with Crippen molar-refractivity contribution in [1.82, 2.24) is 4.98 Å². The van der Waals surface area contributed by atoms with E-state index in [4.69, 9.17) is 0 Å². The summed E-state index contributed by atoms with van der Waals surface area (Å²) >= 11 is 0. The minimum atomic E-state index is -5.38. The molecule has 3 nitrogen and oxygen atoms in total. The summed E-state index contributed by atoms with van der Waals surface area (Å²) in [5.74, 6) is -4.11. The van der Waals surface area contributed by atoms with Crippen LogP contribution in [-0.4, -0.2) is 17.6 Å². The maximum atomic E-state index is 13.2. The van der Waals surface area contributed by atoms with Crippen molar-refractivity contribution in [2.24, 2.45) is 0 Å². The number of rotatable bonds is 2. The SMILES string of the molecule is O=Cc1ncc(OC(F)(F)F)c(F)c1C(F)(F)F. The van der Waals surface area contributed by atoms with Gasteiger partial charge in [0.05, 0.1) is 6.20 Å². The Kier molecular flexibility index (Phi) is 3.49. The second kappa shape index (κ2) is 4.42. The molecule has 1 aromatic heterocycles. The van der Waals surface area contributed by atoms with Crippen LogP contribution in [0.15, 0.2) is 6.20 Å². The van der Waals surface area contributed by atoms with Gasteiger partial charge in [0, 0.05) is 0 Å². The van der Waals surface area contributed by atoms with E-state index in [0.717, 1.165) is 0 Å². The number of carbonyl (C=O) groups is 1. The van der Waals surface area contributed by atoms with E-state index in [1.165, 1.54) is 0 Å². The van der Waals surface area contributed by atoms with Crippen LogP contribution in [0, 0.1) is 5.82 Å². The summed E-state index contributed by atoms with van der Waals surface area (Å²) in [5, 5.41) is 0. The highest BCUT2D eigenvalue weighted by atomic mass is 19.4. The normalized spacial score (nSPS) is 12.4. The molecule has 1 aromatic rings. The van der Waals surface area contributed by atoms with E-state index < -0.39 is 41.6 Å². The van der Waals surface area contributed by atoms with Gasteiger partial charge in [-0.15, -0.1) is 13.2 Å². The van der Waals surface area contributed by atoms with E-state index in [0.29, 0.717) is 0 Å². The molecule has 0 unspecified atom stereocenters. The van der Waals surface area contributed by atoms with Crippen molar-refractivity contribution in [1.29, 1.82) is 0 Å². The van der Waals surface area contributed by atoms with Gasteiger partial charge in [-0.05, 0) is 0 Å². The van der Waals surface area contributed by atoms with E-state index in [2.05, 4.69) is 9.72 Å². The van der Waals surface area contributed by atoms with Crippen molar-refractivity contribution in [2.45, 2.75) is 12.5 Å². The van der Waals surface area contributed by atoms with Crippen molar-refractivity contribution in [2.75, 3.05) is 0 Å². The Labute approximate surface area is 94.2 Å². The number of hydrogen-bond donors (Lipinski definition) is 0. The highest BCUT2D eigenvalue weighted by molar-refractivity contribution is 5.75. The van der Waals surface area contributed by atoms with Crippen molar-refractivity contribution in [3.63, 3.8) is 0 Å². The number of halogens is 7. The lowest BCUT2D eigenvalue weighted by molar-refractivity contribution is -0.276. The van der Waals surface area contributed by atoms with Crippen LogP contribution in [0.4, 0.5) is 30.7 Å². The zero-order valence-corrected chi connectivity index (χ0v) is 8.06. The molecule has 0 saturated heterocycles. The Morgan fingerprint density at radius 2 is 1.72 bits per heavy atom. The van der Waals surface area contributed by atoms with Gasteiger partial charge in [-0.3, -0.25) is 4.79 Å². The van der Waals surface area contributed by atoms with E-state index in [-0.39, 0.29) is 6.20 Å². The first-order valence-electron chi connectivity index (χ1n) is 4.03.